The predicted molar refractivity (Wildman–Crippen MR) is 86.9 cm³/mol. The molecule has 2 aromatic rings. The predicted octanol–water partition coefficient (Wildman–Crippen LogP) is 1.57. The molecule has 0 radical (unpaired) electrons. The number of aromatic nitrogens is 1. The molecule has 128 valence electrons. The highest BCUT2D eigenvalue weighted by Crippen LogP contribution is 2.17. The number of hydrogen-bond acceptors (Lipinski definition) is 5. The van der Waals surface area contributed by atoms with E-state index in [1.807, 2.05) is 0 Å². The van der Waals surface area contributed by atoms with Crippen molar-refractivity contribution in [1.82, 2.24) is 14.8 Å². The van der Waals surface area contributed by atoms with E-state index in [1.54, 1.807) is 48.2 Å². The molecule has 3 rings (SSSR count). The number of rotatable bonds is 4. The van der Waals surface area contributed by atoms with Crippen LogP contribution in [0.25, 0.3) is 0 Å². The maximum atomic E-state index is 12.3. The molecule has 1 amide bonds. The molecule has 0 saturated carbocycles. The number of carbonyl (C=O) groups is 1. The largest absolute Gasteiger partial charge is 0.351 e. The van der Waals surface area contributed by atoms with Gasteiger partial charge in [-0.15, -0.1) is 0 Å². The van der Waals surface area contributed by atoms with Gasteiger partial charge >= 0.3 is 0 Å². The van der Waals surface area contributed by atoms with E-state index >= 15 is 0 Å². The normalized spacial score (nSPS) is 16.3. The van der Waals surface area contributed by atoms with Crippen molar-refractivity contribution in [3.8, 4) is 0 Å². The summed E-state index contributed by atoms with van der Waals surface area (Å²) in [5.41, 5.74) is 0.656. The zero-order valence-electron chi connectivity index (χ0n) is 13.3. The zero-order valence-corrected chi connectivity index (χ0v) is 14.1. The minimum absolute atomic E-state index is 0.185. The van der Waals surface area contributed by atoms with Crippen LogP contribution in [0.3, 0.4) is 0 Å². The van der Waals surface area contributed by atoms with Crippen LogP contribution in [0.5, 0.6) is 0 Å². The SMILES string of the molecule is Cc1cc(C(=O)N2CCC(NS(=O)(=O)c3ccccc3)CC2)on1. The van der Waals surface area contributed by atoms with E-state index in [0.29, 0.717) is 31.6 Å². The van der Waals surface area contributed by atoms with Gasteiger partial charge in [-0.1, -0.05) is 23.4 Å². The lowest BCUT2D eigenvalue weighted by molar-refractivity contribution is 0.0669. The zero-order chi connectivity index (χ0) is 17.2. The van der Waals surface area contributed by atoms with E-state index in [0.717, 1.165) is 0 Å². The fourth-order valence-electron chi connectivity index (χ4n) is 2.71. The molecule has 0 unspecified atom stereocenters. The monoisotopic (exact) mass is 349 g/mol. The van der Waals surface area contributed by atoms with E-state index in [-0.39, 0.29) is 22.6 Å². The topological polar surface area (TPSA) is 92.5 Å². The van der Waals surface area contributed by atoms with Gasteiger partial charge in [0.1, 0.15) is 0 Å². The average molecular weight is 349 g/mol. The van der Waals surface area contributed by atoms with Crippen LogP contribution >= 0.6 is 0 Å². The van der Waals surface area contributed by atoms with E-state index in [1.165, 1.54) is 0 Å². The number of benzene rings is 1. The molecule has 1 N–H and O–H groups in total. The molecule has 7 nitrogen and oxygen atoms in total. The summed E-state index contributed by atoms with van der Waals surface area (Å²) in [4.78, 5) is 14.2. The average Bonchev–Trinajstić information content (AvgIpc) is 3.02. The van der Waals surface area contributed by atoms with Crippen molar-refractivity contribution < 1.29 is 17.7 Å². The molecule has 0 bridgehead atoms. The molecule has 1 aromatic carbocycles. The van der Waals surface area contributed by atoms with Crippen LogP contribution in [0, 0.1) is 6.92 Å². The van der Waals surface area contributed by atoms with E-state index < -0.39 is 10.0 Å². The molecular weight excluding hydrogens is 330 g/mol. The number of likely N-dealkylation sites (tertiary alicyclic amines) is 1. The lowest BCUT2D eigenvalue weighted by atomic mass is 10.1. The van der Waals surface area contributed by atoms with E-state index in [9.17, 15) is 13.2 Å². The summed E-state index contributed by atoms with van der Waals surface area (Å²) in [6.07, 6.45) is 1.12. The molecule has 8 heteroatoms. The van der Waals surface area contributed by atoms with E-state index in [4.69, 9.17) is 4.52 Å². The molecule has 0 aliphatic carbocycles. The molecule has 1 fully saturated rings. The number of carbonyl (C=O) groups excluding carboxylic acids is 1. The van der Waals surface area contributed by atoms with Crippen LogP contribution in [-0.2, 0) is 10.0 Å². The lowest BCUT2D eigenvalue weighted by Gasteiger charge is -2.31. The third kappa shape index (κ3) is 3.65. The van der Waals surface area contributed by atoms with Gasteiger partial charge in [-0.2, -0.15) is 0 Å². The first-order chi connectivity index (χ1) is 11.5. The maximum absolute atomic E-state index is 12.3. The second-order valence-corrected chi connectivity index (χ2v) is 7.55. The third-order valence-electron chi connectivity index (χ3n) is 4.00. The van der Waals surface area contributed by atoms with Gasteiger partial charge < -0.3 is 9.42 Å². The summed E-state index contributed by atoms with van der Waals surface area (Å²) >= 11 is 0. The summed E-state index contributed by atoms with van der Waals surface area (Å²) in [6.45, 7) is 2.70. The molecule has 1 saturated heterocycles. The smallest absolute Gasteiger partial charge is 0.292 e. The van der Waals surface area contributed by atoms with Crippen molar-refractivity contribution in [1.29, 1.82) is 0 Å². The lowest BCUT2D eigenvalue weighted by Crippen LogP contribution is -2.46. The Bertz CT molecular complexity index is 809. The number of hydrogen-bond donors (Lipinski definition) is 1. The highest BCUT2D eigenvalue weighted by atomic mass is 32.2. The number of piperidine rings is 1. The third-order valence-corrected chi connectivity index (χ3v) is 5.53. The van der Waals surface area contributed by atoms with Gasteiger partial charge in [0, 0.05) is 25.2 Å². The fraction of sp³-hybridized carbons (Fsp3) is 0.375. The number of nitrogens with one attached hydrogen (secondary N) is 1. The Kier molecular flexibility index (Phi) is 4.68. The first kappa shape index (κ1) is 16.7. The quantitative estimate of drug-likeness (QED) is 0.904. The molecule has 0 atom stereocenters. The number of amides is 1. The van der Waals surface area contributed by atoms with Gasteiger partial charge in [-0.3, -0.25) is 4.79 Å². The standard InChI is InChI=1S/C16H19N3O4S/c1-12-11-15(23-17-12)16(20)19-9-7-13(8-10-19)18-24(21,22)14-5-3-2-4-6-14/h2-6,11,13,18H,7-10H2,1H3. The van der Waals surface area contributed by atoms with Gasteiger partial charge in [0.2, 0.25) is 15.8 Å². The van der Waals surface area contributed by atoms with Gasteiger partial charge in [-0.05, 0) is 31.9 Å². The first-order valence-electron chi connectivity index (χ1n) is 7.76. The first-order valence-corrected chi connectivity index (χ1v) is 9.24. The second-order valence-electron chi connectivity index (χ2n) is 5.83. The Morgan fingerprint density at radius 3 is 2.50 bits per heavy atom. The molecule has 24 heavy (non-hydrogen) atoms. The van der Waals surface area contributed by atoms with Crippen LogP contribution in [0.4, 0.5) is 0 Å². The van der Waals surface area contributed by atoms with Crippen LogP contribution in [0.1, 0.15) is 29.1 Å². The Hall–Kier alpha value is -2.19. The number of aryl methyl sites for hydroxylation is 1. The van der Waals surface area contributed by atoms with Crippen LogP contribution in [0.15, 0.2) is 45.8 Å². The van der Waals surface area contributed by atoms with Crippen molar-refractivity contribution >= 4 is 15.9 Å². The van der Waals surface area contributed by atoms with Gasteiger partial charge in [0.05, 0.1) is 10.6 Å². The summed E-state index contributed by atoms with van der Waals surface area (Å²) < 4.78 is 32.4. The molecule has 1 aromatic heterocycles. The number of nitrogens with zero attached hydrogens (tertiary/aromatic N) is 2. The minimum atomic E-state index is -3.53. The van der Waals surface area contributed by atoms with Crippen LogP contribution in [0.2, 0.25) is 0 Å². The number of sulfonamides is 1. The van der Waals surface area contributed by atoms with Gasteiger partial charge in [0.15, 0.2) is 0 Å². The van der Waals surface area contributed by atoms with Crippen molar-refractivity contribution in [2.45, 2.75) is 30.7 Å². The van der Waals surface area contributed by atoms with Crippen molar-refractivity contribution in [2.24, 2.45) is 0 Å². The van der Waals surface area contributed by atoms with E-state index in [2.05, 4.69) is 9.88 Å². The van der Waals surface area contributed by atoms with Gasteiger partial charge in [-0.25, -0.2) is 13.1 Å². The Morgan fingerprint density at radius 1 is 1.25 bits per heavy atom. The molecular formula is C16H19N3O4S. The van der Waals surface area contributed by atoms with Crippen molar-refractivity contribution in [2.75, 3.05) is 13.1 Å². The molecule has 0 spiro atoms. The van der Waals surface area contributed by atoms with Crippen molar-refractivity contribution in [3.63, 3.8) is 0 Å². The van der Waals surface area contributed by atoms with Crippen LogP contribution < -0.4 is 4.72 Å². The summed E-state index contributed by atoms with van der Waals surface area (Å²) in [5, 5.41) is 3.72. The summed E-state index contributed by atoms with van der Waals surface area (Å²) in [6, 6.07) is 9.70. The maximum Gasteiger partial charge on any atom is 0.292 e. The van der Waals surface area contributed by atoms with Crippen LogP contribution in [-0.4, -0.2) is 43.5 Å². The van der Waals surface area contributed by atoms with Crippen molar-refractivity contribution in [3.05, 3.63) is 47.9 Å². The highest BCUT2D eigenvalue weighted by Gasteiger charge is 2.28. The minimum Gasteiger partial charge on any atom is -0.351 e. The Balaban J connectivity index is 1.58. The second kappa shape index (κ2) is 6.74. The fourth-order valence-corrected chi connectivity index (χ4v) is 4.03. The molecule has 1 aliphatic rings. The molecule has 1 aliphatic heterocycles. The Labute approximate surface area is 140 Å². The van der Waals surface area contributed by atoms with Gasteiger partial charge in [0.25, 0.3) is 5.91 Å². The Morgan fingerprint density at radius 2 is 1.92 bits per heavy atom. The highest BCUT2D eigenvalue weighted by molar-refractivity contribution is 7.89. The summed E-state index contributed by atoms with van der Waals surface area (Å²) in [5.74, 6) is 0.00998. The summed E-state index contributed by atoms with van der Waals surface area (Å²) in [7, 11) is -3.53. The molecule has 2 heterocycles.